The summed E-state index contributed by atoms with van der Waals surface area (Å²) in [4.78, 5) is 31.8. The van der Waals surface area contributed by atoms with Gasteiger partial charge in [-0.1, -0.05) is 0 Å². The number of nitrogens with one attached hydrogen (secondary N) is 2. The second kappa shape index (κ2) is 10.2. The molecule has 15 heteroatoms. The smallest absolute Gasteiger partial charge is 0.342 e. The number of hydrogen-bond acceptors (Lipinski definition) is 10. The van der Waals surface area contributed by atoms with E-state index in [2.05, 4.69) is 20.4 Å². The predicted octanol–water partition coefficient (Wildman–Crippen LogP) is -0.0881. The molecule has 0 aliphatic rings. The first-order valence-corrected chi connectivity index (χ1v) is 9.20. The molecule has 2 aromatic heterocycles. The fraction of sp³-hybridized carbons (Fsp3) is 0.357. The summed E-state index contributed by atoms with van der Waals surface area (Å²) in [6.07, 6.45) is 1.03. The molecule has 0 bridgehead atoms. The number of methoxy groups -OCH3 is 2. The molecule has 2 N–H and O–H groups in total. The van der Waals surface area contributed by atoms with Crippen LogP contribution in [0.1, 0.15) is 17.3 Å². The first-order valence-electron chi connectivity index (χ1n) is 7.71. The molecule has 13 nitrogen and oxygen atoms in total. The van der Waals surface area contributed by atoms with E-state index < -0.39 is 27.0 Å². The Balaban J connectivity index is 0.00000420. The molecule has 0 saturated carbocycles. The molecule has 0 saturated heterocycles. The maximum Gasteiger partial charge on any atom is 0.342 e. The zero-order valence-corrected chi connectivity index (χ0v) is 18.0. The number of nitrogens with zero attached hydrogens (tertiary/aromatic N) is 4. The van der Waals surface area contributed by atoms with Gasteiger partial charge in [0, 0.05) is 29.4 Å². The molecule has 2 heterocycles. The van der Waals surface area contributed by atoms with Gasteiger partial charge in [-0.25, -0.2) is 14.3 Å². The number of aromatic nitrogens is 4. The van der Waals surface area contributed by atoms with Gasteiger partial charge in [0.15, 0.2) is 5.03 Å². The number of rotatable bonds is 7. The number of amides is 2. The van der Waals surface area contributed by atoms with E-state index in [0.29, 0.717) is 0 Å². The molecule has 0 unspecified atom stereocenters. The quantitative estimate of drug-likeness (QED) is 0.371. The third-order valence-corrected chi connectivity index (χ3v) is 4.63. The predicted molar refractivity (Wildman–Crippen MR) is 93.6 cm³/mol. The monoisotopic (exact) mass is 521 g/mol. The molecule has 0 atom stereocenters. The van der Waals surface area contributed by atoms with E-state index in [-0.39, 0.29) is 52.3 Å². The van der Waals surface area contributed by atoms with Gasteiger partial charge in [-0.15, -0.1) is 0 Å². The van der Waals surface area contributed by atoms with Crippen molar-refractivity contribution in [3.05, 3.63) is 17.8 Å². The number of hydrogen-bond donors (Lipinski definition) is 2. The minimum atomic E-state index is -4.47. The van der Waals surface area contributed by atoms with Crippen molar-refractivity contribution in [2.45, 2.75) is 11.9 Å². The summed E-state index contributed by atoms with van der Waals surface area (Å²) in [5.41, 5.74) is -0.316. The van der Waals surface area contributed by atoms with Crippen LogP contribution in [0.2, 0.25) is 0 Å². The average Bonchev–Trinajstić information content (AvgIpc) is 3.03. The van der Waals surface area contributed by atoms with E-state index in [1.807, 2.05) is 0 Å². The zero-order chi connectivity index (χ0) is 20.9. The van der Waals surface area contributed by atoms with Crippen LogP contribution in [0.15, 0.2) is 17.3 Å². The number of urea groups is 1. The summed E-state index contributed by atoms with van der Waals surface area (Å²) >= 11 is 0. The largest absolute Gasteiger partial charge is 0.481 e. The molecular weight excluding hydrogens is 504 g/mol. The topological polar surface area (TPSA) is 164 Å². The summed E-state index contributed by atoms with van der Waals surface area (Å²) in [6, 6.07) is 0.187. The number of aryl methyl sites for hydroxylation is 1. The van der Waals surface area contributed by atoms with Crippen molar-refractivity contribution in [2.75, 3.05) is 26.1 Å². The maximum absolute atomic E-state index is 12.6. The van der Waals surface area contributed by atoms with Gasteiger partial charge >= 0.3 is 12.0 Å². The van der Waals surface area contributed by atoms with E-state index in [9.17, 15) is 18.0 Å². The first-order chi connectivity index (χ1) is 13.2. The molecule has 0 aliphatic carbocycles. The van der Waals surface area contributed by atoms with Gasteiger partial charge in [0.05, 0.1) is 33.1 Å². The molecule has 163 valence electrons. The first kappa shape index (κ1) is 24.4. The van der Waals surface area contributed by atoms with Crippen LogP contribution in [0.25, 0.3) is 0 Å². The van der Waals surface area contributed by atoms with Gasteiger partial charge in [-0.3, -0.25) is 10.00 Å². The third kappa shape index (κ3) is 5.90. The van der Waals surface area contributed by atoms with Crippen LogP contribution in [-0.4, -0.2) is 61.0 Å². The minimum Gasteiger partial charge on any atom is -0.481 e. The second-order valence-corrected chi connectivity index (χ2v) is 6.64. The van der Waals surface area contributed by atoms with Gasteiger partial charge in [-0.05, 0) is 6.92 Å². The molecule has 0 spiro atoms. The number of esters is 1. The number of carbonyl (C=O) groups excluding carboxylic acids is 2. The molecule has 0 aliphatic heterocycles. The number of ether oxygens (including phenoxy) is 3. The summed E-state index contributed by atoms with van der Waals surface area (Å²) in [5, 5.41) is 5.34. The standard InChI is InChI=1S/C14H18N6O7S.Ag/c1-5-27-12(21)8-7-15-20(2)11(8)28(23,24)19-14(22)18-13-16-9(25-3)6-10(17-13)26-4;/h6-7H,5H2,1-4H3,(H2,16,17,18,19,22);. The van der Waals surface area contributed by atoms with Crippen LogP contribution >= 0.6 is 0 Å². The summed E-state index contributed by atoms with van der Waals surface area (Å²) in [5.74, 6) is -0.987. The Kier molecular flexibility index (Phi) is 8.57. The van der Waals surface area contributed by atoms with E-state index in [1.54, 1.807) is 11.6 Å². The molecule has 0 fully saturated rings. The van der Waals surface area contributed by atoms with Crippen LogP contribution in [0.5, 0.6) is 11.8 Å². The zero-order valence-electron chi connectivity index (χ0n) is 15.7. The molecule has 29 heavy (non-hydrogen) atoms. The third-order valence-electron chi connectivity index (χ3n) is 3.18. The van der Waals surface area contributed by atoms with Crippen LogP contribution in [0.4, 0.5) is 10.7 Å². The average molecular weight is 522 g/mol. The van der Waals surface area contributed by atoms with Crippen LogP contribution in [0, 0.1) is 0 Å². The van der Waals surface area contributed by atoms with Gasteiger partial charge in [0.1, 0.15) is 5.56 Å². The van der Waals surface area contributed by atoms with Crippen molar-refractivity contribution in [3.8, 4) is 11.8 Å². The van der Waals surface area contributed by atoms with Crippen molar-refractivity contribution < 1.29 is 54.6 Å². The van der Waals surface area contributed by atoms with E-state index in [4.69, 9.17) is 14.2 Å². The van der Waals surface area contributed by atoms with Crippen molar-refractivity contribution in [2.24, 2.45) is 7.05 Å². The Morgan fingerprint density at radius 3 is 2.28 bits per heavy atom. The van der Waals surface area contributed by atoms with Gasteiger partial charge in [0.25, 0.3) is 10.0 Å². The molecule has 2 amide bonds. The molecule has 2 rings (SSSR count). The van der Waals surface area contributed by atoms with Crippen molar-refractivity contribution in [3.63, 3.8) is 0 Å². The number of sulfonamides is 1. The number of carbonyl (C=O) groups is 2. The Morgan fingerprint density at radius 1 is 1.17 bits per heavy atom. The summed E-state index contributed by atoms with van der Waals surface area (Å²) in [6.45, 7) is 1.60. The molecule has 0 aromatic carbocycles. The Morgan fingerprint density at radius 2 is 1.76 bits per heavy atom. The van der Waals surface area contributed by atoms with Crippen LogP contribution < -0.4 is 19.5 Å². The minimum absolute atomic E-state index is 0. The van der Waals surface area contributed by atoms with Crippen LogP contribution in [-0.2, 0) is 44.2 Å². The van der Waals surface area contributed by atoms with E-state index >= 15 is 0 Å². The van der Waals surface area contributed by atoms with Crippen molar-refractivity contribution in [1.82, 2.24) is 24.5 Å². The molecule has 2 aromatic rings. The fourth-order valence-corrected chi connectivity index (χ4v) is 3.27. The van der Waals surface area contributed by atoms with Gasteiger partial charge in [0.2, 0.25) is 17.7 Å². The van der Waals surface area contributed by atoms with Crippen LogP contribution in [0.3, 0.4) is 0 Å². The normalized spacial score (nSPS) is 10.5. The number of anilines is 1. The van der Waals surface area contributed by atoms with Crippen molar-refractivity contribution >= 4 is 28.0 Å². The molecular formula is C14H18AgN6O7S. The van der Waals surface area contributed by atoms with Gasteiger partial charge < -0.3 is 14.2 Å². The van der Waals surface area contributed by atoms with Gasteiger partial charge in [-0.2, -0.15) is 23.5 Å². The fourth-order valence-electron chi connectivity index (χ4n) is 2.06. The molecule has 1 radical (unpaired) electrons. The Hall–Kier alpha value is -2.68. The SMILES string of the molecule is CCOC(=O)c1cnn(C)c1S(=O)(=O)NC(=O)Nc1nc(OC)cc(OC)n1.[Ag]. The summed E-state index contributed by atoms with van der Waals surface area (Å²) in [7, 11) is -0.491. The van der Waals surface area contributed by atoms with E-state index in [1.165, 1.54) is 27.3 Å². The van der Waals surface area contributed by atoms with E-state index in [0.717, 1.165) is 10.9 Å². The second-order valence-electron chi connectivity index (χ2n) is 5.04. The Bertz CT molecular complexity index is 972. The van der Waals surface area contributed by atoms with Crippen molar-refractivity contribution in [1.29, 1.82) is 0 Å². The Labute approximate surface area is 181 Å². The maximum atomic E-state index is 12.6. The summed E-state index contributed by atoms with van der Waals surface area (Å²) < 4.78 is 42.5.